The van der Waals surface area contributed by atoms with E-state index in [4.69, 9.17) is 4.74 Å². The molecule has 0 aromatic heterocycles. The number of ether oxygens (including phenoxy) is 1. The molecule has 2 heteroatoms. The molecule has 0 aliphatic carbocycles. The summed E-state index contributed by atoms with van der Waals surface area (Å²) in [5.41, 5.74) is 1.30. The highest BCUT2D eigenvalue weighted by Crippen LogP contribution is 2.28. The van der Waals surface area contributed by atoms with Gasteiger partial charge in [0.05, 0.1) is 0 Å². The van der Waals surface area contributed by atoms with Gasteiger partial charge >= 0.3 is 0 Å². The van der Waals surface area contributed by atoms with Crippen LogP contribution >= 0.6 is 0 Å². The molecule has 2 aromatic rings. The van der Waals surface area contributed by atoms with Crippen LogP contribution in [0.5, 0.6) is 5.75 Å². The molecule has 0 amide bonds. The van der Waals surface area contributed by atoms with Gasteiger partial charge in [-0.25, -0.2) is 0 Å². The number of benzene rings is 2. The van der Waals surface area contributed by atoms with E-state index in [9.17, 15) is 4.79 Å². The normalized spacial score (nSPS) is 10.3. The van der Waals surface area contributed by atoms with Crippen LogP contribution in [0.1, 0.15) is 12.5 Å². The molecule has 0 bridgehead atoms. The molecule has 0 aliphatic rings. The smallest absolute Gasteiger partial charge is 0.157 e. The highest BCUT2D eigenvalue weighted by atomic mass is 16.5. The second-order valence-electron chi connectivity index (χ2n) is 3.60. The van der Waals surface area contributed by atoms with Gasteiger partial charge in [0, 0.05) is 5.39 Å². The third-order valence-corrected chi connectivity index (χ3v) is 2.66. The van der Waals surface area contributed by atoms with Crippen LogP contribution in [0.2, 0.25) is 0 Å². The SMILES string of the molecule is CCc1cccc2c(OCC=O)cccc12. The Morgan fingerprint density at radius 3 is 2.62 bits per heavy atom. The minimum atomic E-state index is 0.107. The second kappa shape index (κ2) is 4.79. The number of fused-ring (bicyclic) bond motifs is 1. The molecular weight excluding hydrogens is 200 g/mol. The first kappa shape index (κ1) is 10.7. The minimum absolute atomic E-state index is 0.107. The molecule has 2 aromatic carbocycles. The summed E-state index contributed by atoms with van der Waals surface area (Å²) in [5.74, 6) is 0.778. The van der Waals surface area contributed by atoms with Gasteiger partial charge in [0.2, 0.25) is 0 Å². The molecule has 2 nitrogen and oxygen atoms in total. The van der Waals surface area contributed by atoms with E-state index in [1.807, 2.05) is 24.3 Å². The van der Waals surface area contributed by atoms with Crippen molar-refractivity contribution in [2.24, 2.45) is 0 Å². The molecule has 0 saturated carbocycles. The average molecular weight is 214 g/mol. The lowest BCUT2D eigenvalue weighted by Crippen LogP contribution is -1.98. The Labute approximate surface area is 94.8 Å². The topological polar surface area (TPSA) is 26.3 Å². The molecule has 0 aliphatic heterocycles. The zero-order valence-electron chi connectivity index (χ0n) is 9.27. The van der Waals surface area contributed by atoms with Crippen LogP contribution in [-0.4, -0.2) is 12.9 Å². The van der Waals surface area contributed by atoms with Crippen molar-refractivity contribution < 1.29 is 9.53 Å². The molecule has 0 saturated heterocycles. The van der Waals surface area contributed by atoms with Crippen LogP contribution in [0.3, 0.4) is 0 Å². The van der Waals surface area contributed by atoms with Crippen molar-refractivity contribution in [1.82, 2.24) is 0 Å². The van der Waals surface area contributed by atoms with Gasteiger partial charge in [-0.3, -0.25) is 4.79 Å². The van der Waals surface area contributed by atoms with Gasteiger partial charge in [-0.1, -0.05) is 37.3 Å². The van der Waals surface area contributed by atoms with E-state index in [1.54, 1.807) is 0 Å². The summed E-state index contributed by atoms with van der Waals surface area (Å²) < 4.78 is 5.40. The molecule has 0 atom stereocenters. The largest absolute Gasteiger partial charge is 0.486 e. The number of aryl methyl sites for hydroxylation is 1. The Hall–Kier alpha value is -1.83. The number of hydrogen-bond donors (Lipinski definition) is 0. The molecule has 0 unspecified atom stereocenters. The van der Waals surface area contributed by atoms with Gasteiger partial charge in [-0.15, -0.1) is 0 Å². The molecule has 0 radical (unpaired) electrons. The predicted octanol–water partition coefficient (Wildman–Crippen LogP) is 2.98. The fourth-order valence-electron chi connectivity index (χ4n) is 1.90. The summed E-state index contributed by atoms with van der Waals surface area (Å²) in [5, 5.41) is 2.28. The van der Waals surface area contributed by atoms with E-state index in [1.165, 1.54) is 10.9 Å². The third-order valence-electron chi connectivity index (χ3n) is 2.66. The number of hydrogen-bond acceptors (Lipinski definition) is 2. The minimum Gasteiger partial charge on any atom is -0.486 e. The molecule has 0 heterocycles. The molecule has 82 valence electrons. The van der Waals surface area contributed by atoms with E-state index < -0.39 is 0 Å². The molecule has 0 N–H and O–H groups in total. The maximum absolute atomic E-state index is 10.3. The van der Waals surface area contributed by atoms with Crippen molar-refractivity contribution in [1.29, 1.82) is 0 Å². The fourth-order valence-corrected chi connectivity index (χ4v) is 1.90. The van der Waals surface area contributed by atoms with Crippen molar-refractivity contribution >= 4 is 17.1 Å². The maximum Gasteiger partial charge on any atom is 0.157 e. The highest BCUT2D eigenvalue weighted by molar-refractivity contribution is 5.91. The van der Waals surface area contributed by atoms with Crippen LogP contribution in [-0.2, 0) is 11.2 Å². The Morgan fingerprint density at radius 2 is 1.88 bits per heavy atom. The second-order valence-corrected chi connectivity index (χ2v) is 3.60. The number of carbonyl (C=O) groups excluding carboxylic acids is 1. The third kappa shape index (κ3) is 1.91. The first-order valence-corrected chi connectivity index (χ1v) is 5.44. The van der Waals surface area contributed by atoms with E-state index in [0.29, 0.717) is 0 Å². The zero-order valence-corrected chi connectivity index (χ0v) is 9.27. The van der Waals surface area contributed by atoms with Gasteiger partial charge in [0.1, 0.15) is 12.4 Å². The molecule has 0 spiro atoms. The first-order chi connectivity index (χ1) is 7.86. The number of aldehydes is 1. The lowest BCUT2D eigenvalue weighted by Gasteiger charge is -2.09. The van der Waals surface area contributed by atoms with Gasteiger partial charge < -0.3 is 4.74 Å². The van der Waals surface area contributed by atoms with E-state index in [2.05, 4.69) is 19.1 Å². The van der Waals surface area contributed by atoms with Gasteiger partial charge in [0.25, 0.3) is 0 Å². The van der Waals surface area contributed by atoms with Crippen molar-refractivity contribution in [2.75, 3.05) is 6.61 Å². The van der Waals surface area contributed by atoms with Crippen LogP contribution in [0, 0.1) is 0 Å². The summed E-state index contributed by atoms with van der Waals surface area (Å²) >= 11 is 0. The predicted molar refractivity (Wildman–Crippen MR) is 64.9 cm³/mol. The van der Waals surface area contributed by atoms with Crippen LogP contribution in [0.15, 0.2) is 36.4 Å². The summed E-state index contributed by atoms with van der Waals surface area (Å²) in [4.78, 5) is 10.3. The molecule has 16 heavy (non-hydrogen) atoms. The lowest BCUT2D eigenvalue weighted by molar-refractivity contribution is -0.109. The standard InChI is InChI=1S/C14H14O2/c1-2-11-5-3-7-13-12(11)6-4-8-14(13)16-10-9-15/h3-9H,2,10H2,1H3. The Balaban J connectivity index is 2.54. The summed E-state index contributed by atoms with van der Waals surface area (Å²) in [6.45, 7) is 2.24. The molecular formula is C14H14O2. The van der Waals surface area contributed by atoms with Gasteiger partial charge in [-0.05, 0) is 23.4 Å². The van der Waals surface area contributed by atoms with Crippen molar-refractivity contribution in [3.63, 3.8) is 0 Å². The Bertz CT molecular complexity index is 503. The average Bonchev–Trinajstić information content (AvgIpc) is 2.35. The Kier molecular flexibility index (Phi) is 3.20. The maximum atomic E-state index is 10.3. The first-order valence-electron chi connectivity index (χ1n) is 5.44. The Morgan fingerprint density at radius 1 is 1.12 bits per heavy atom. The molecule has 0 fully saturated rings. The van der Waals surface area contributed by atoms with E-state index in [0.717, 1.165) is 23.8 Å². The zero-order chi connectivity index (χ0) is 11.4. The van der Waals surface area contributed by atoms with Crippen LogP contribution < -0.4 is 4.74 Å². The monoisotopic (exact) mass is 214 g/mol. The summed E-state index contributed by atoms with van der Waals surface area (Å²) in [6.07, 6.45) is 1.76. The van der Waals surface area contributed by atoms with Crippen molar-refractivity contribution in [3.8, 4) is 5.75 Å². The lowest BCUT2D eigenvalue weighted by atomic mass is 10.0. The number of carbonyl (C=O) groups is 1. The van der Waals surface area contributed by atoms with E-state index in [-0.39, 0.29) is 6.61 Å². The fraction of sp³-hybridized carbons (Fsp3) is 0.214. The quantitative estimate of drug-likeness (QED) is 0.731. The van der Waals surface area contributed by atoms with Crippen molar-refractivity contribution in [2.45, 2.75) is 13.3 Å². The van der Waals surface area contributed by atoms with Gasteiger partial charge in [-0.2, -0.15) is 0 Å². The van der Waals surface area contributed by atoms with Crippen LogP contribution in [0.4, 0.5) is 0 Å². The van der Waals surface area contributed by atoms with Crippen molar-refractivity contribution in [3.05, 3.63) is 42.0 Å². The molecule has 2 rings (SSSR count). The van der Waals surface area contributed by atoms with Crippen LogP contribution in [0.25, 0.3) is 10.8 Å². The summed E-state index contributed by atoms with van der Waals surface area (Å²) in [6, 6.07) is 12.1. The summed E-state index contributed by atoms with van der Waals surface area (Å²) in [7, 11) is 0. The number of rotatable bonds is 4. The highest BCUT2D eigenvalue weighted by Gasteiger charge is 2.04. The van der Waals surface area contributed by atoms with Gasteiger partial charge in [0.15, 0.2) is 6.29 Å². The van der Waals surface area contributed by atoms with E-state index >= 15 is 0 Å².